The van der Waals surface area contributed by atoms with Crippen LogP contribution in [0.15, 0.2) is 36.5 Å². The zero-order valence-corrected chi connectivity index (χ0v) is 11.2. The van der Waals surface area contributed by atoms with Crippen molar-refractivity contribution >= 4 is 27.9 Å². The van der Waals surface area contributed by atoms with Gasteiger partial charge in [-0.1, -0.05) is 12.1 Å². The molecule has 0 aliphatic rings. The van der Waals surface area contributed by atoms with Crippen LogP contribution in [0, 0.1) is 6.92 Å². The summed E-state index contributed by atoms with van der Waals surface area (Å²) in [4.78, 5) is 2.70. The van der Waals surface area contributed by atoms with Crippen LogP contribution in [0.5, 0.6) is 0 Å². The number of aromatic amines is 1. The Hall–Kier alpha value is -1.81. The fourth-order valence-corrected chi connectivity index (χ4v) is 2.96. The SMILES string of the molecule is Cc1ccc(C(C)Nc2cccc3cn[nH]c23)s1. The maximum atomic E-state index is 4.08. The molecule has 2 heterocycles. The van der Waals surface area contributed by atoms with Gasteiger partial charge in [0.05, 0.1) is 23.4 Å². The third-order valence-corrected chi connectivity index (χ3v) is 4.22. The first-order chi connectivity index (χ1) is 8.74. The minimum atomic E-state index is 0.303. The van der Waals surface area contributed by atoms with E-state index in [4.69, 9.17) is 0 Å². The molecule has 18 heavy (non-hydrogen) atoms. The van der Waals surface area contributed by atoms with Crippen LogP contribution in [0.4, 0.5) is 5.69 Å². The van der Waals surface area contributed by atoms with Gasteiger partial charge in [0.1, 0.15) is 0 Å². The van der Waals surface area contributed by atoms with Gasteiger partial charge in [-0.2, -0.15) is 5.10 Å². The van der Waals surface area contributed by atoms with Crippen LogP contribution in [-0.4, -0.2) is 10.2 Å². The summed E-state index contributed by atoms with van der Waals surface area (Å²) in [6.45, 7) is 4.32. The Balaban J connectivity index is 1.90. The molecule has 0 saturated heterocycles. The fraction of sp³-hybridized carbons (Fsp3) is 0.214. The summed E-state index contributed by atoms with van der Waals surface area (Å²) in [5.41, 5.74) is 2.17. The van der Waals surface area contributed by atoms with E-state index in [9.17, 15) is 0 Å². The molecular formula is C14H15N3S. The number of aryl methyl sites for hydroxylation is 1. The lowest BCUT2D eigenvalue weighted by Gasteiger charge is -2.14. The largest absolute Gasteiger partial charge is 0.376 e. The van der Waals surface area contributed by atoms with Gasteiger partial charge >= 0.3 is 0 Å². The van der Waals surface area contributed by atoms with Crippen molar-refractivity contribution in [3.63, 3.8) is 0 Å². The number of para-hydroxylation sites is 1. The number of rotatable bonds is 3. The first-order valence-corrected chi connectivity index (χ1v) is 6.80. The summed E-state index contributed by atoms with van der Waals surface area (Å²) in [6.07, 6.45) is 1.85. The van der Waals surface area contributed by atoms with E-state index >= 15 is 0 Å². The van der Waals surface area contributed by atoms with E-state index in [-0.39, 0.29) is 0 Å². The van der Waals surface area contributed by atoms with Crippen molar-refractivity contribution in [3.05, 3.63) is 46.3 Å². The number of thiophene rings is 1. The Labute approximate surface area is 110 Å². The number of hydrogen-bond acceptors (Lipinski definition) is 3. The number of aromatic nitrogens is 2. The monoisotopic (exact) mass is 257 g/mol. The van der Waals surface area contributed by atoms with Gasteiger partial charge in [0.25, 0.3) is 0 Å². The van der Waals surface area contributed by atoms with E-state index in [0.29, 0.717) is 6.04 Å². The van der Waals surface area contributed by atoms with Gasteiger partial charge < -0.3 is 5.32 Å². The van der Waals surface area contributed by atoms with Gasteiger partial charge in [0.2, 0.25) is 0 Å². The van der Waals surface area contributed by atoms with Crippen LogP contribution >= 0.6 is 11.3 Å². The van der Waals surface area contributed by atoms with Crippen molar-refractivity contribution in [2.75, 3.05) is 5.32 Å². The van der Waals surface area contributed by atoms with E-state index in [1.54, 1.807) is 0 Å². The van der Waals surface area contributed by atoms with Gasteiger partial charge in [-0.3, -0.25) is 5.10 Å². The van der Waals surface area contributed by atoms with Crippen LogP contribution in [0.25, 0.3) is 10.9 Å². The molecule has 0 radical (unpaired) electrons. The average molecular weight is 257 g/mol. The van der Waals surface area contributed by atoms with Crippen molar-refractivity contribution < 1.29 is 0 Å². The van der Waals surface area contributed by atoms with Crippen molar-refractivity contribution in [3.8, 4) is 0 Å². The highest BCUT2D eigenvalue weighted by Crippen LogP contribution is 2.28. The molecule has 1 unspecified atom stereocenters. The fourth-order valence-electron chi connectivity index (χ4n) is 2.08. The summed E-state index contributed by atoms with van der Waals surface area (Å²) in [7, 11) is 0. The number of nitrogens with one attached hydrogen (secondary N) is 2. The maximum absolute atomic E-state index is 4.08. The number of benzene rings is 1. The number of hydrogen-bond donors (Lipinski definition) is 2. The van der Waals surface area contributed by atoms with Crippen LogP contribution in [0.3, 0.4) is 0 Å². The Morgan fingerprint density at radius 1 is 1.28 bits per heavy atom. The topological polar surface area (TPSA) is 40.7 Å². The highest BCUT2D eigenvalue weighted by molar-refractivity contribution is 7.12. The minimum Gasteiger partial charge on any atom is -0.376 e. The summed E-state index contributed by atoms with van der Waals surface area (Å²) in [5.74, 6) is 0. The van der Waals surface area contributed by atoms with E-state index in [1.165, 1.54) is 9.75 Å². The van der Waals surface area contributed by atoms with Crippen LogP contribution < -0.4 is 5.32 Å². The lowest BCUT2D eigenvalue weighted by Crippen LogP contribution is -2.05. The zero-order valence-electron chi connectivity index (χ0n) is 10.4. The second-order valence-corrected chi connectivity index (χ2v) is 5.77. The second kappa shape index (κ2) is 4.46. The molecule has 0 fully saturated rings. The summed E-state index contributed by atoms with van der Waals surface area (Å²) < 4.78 is 0. The van der Waals surface area contributed by atoms with Crippen molar-refractivity contribution in [1.29, 1.82) is 0 Å². The smallest absolute Gasteiger partial charge is 0.0881 e. The van der Waals surface area contributed by atoms with E-state index in [0.717, 1.165) is 16.6 Å². The molecule has 4 heteroatoms. The number of H-pyrrole nitrogens is 1. The second-order valence-electron chi connectivity index (χ2n) is 4.45. The third-order valence-electron chi connectivity index (χ3n) is 3.04. The molecule has 0 saturated carbocycles. The molecule has 1 aromatic carbocycles. The highest BCUT2D eigenvalue weighted by Gasteiger charge is 2.09. The molecule has 3 nitrogen and oxygen atoms in total. The predicted molar refractivity (Wildman–Crippen MR) is 77.2 cm³/mol. The zero-order chi connectivity index (χ0) is 12.5. The summed E-state index contributed by atoms with van der Waals surface area (Å²) >= 11 is 1.83. The molecule has 0 aliphatic carbocycles. The molecule has 2 aromatic heterocycles. The molecule has 0 spiro atoms. The number of nitrogens with zero attached hydrogens (tertiary/aromatic N) is 1. The molecule has 3 aromatic rings. The summed E-state index contributed by atoms with van der Waals surface area (Å²) in [6, 6.07) is 10.8. The van der Waals surface area contributed by atoms with E-state index in [1.807, 2.05) is 23.6 Å². The normalized spacial score (nSPS) is 12.8. The van der Waals surface area contributed by atoms with Gasteiger partial charge in [0.15, 0.2) is 0 Å². The van der Waals surface area contributed by atoms with Crippen LogP contribution in [-0.2, 0) is 0 Å². The molecule has 3 rings (SSSR count). The molecule has 0 aliphatic heterocycles. The molecule has 92 valence electrons. The Kier molecular flexibility index (Phi) is 2.80. The minimum absolute atomic E-state index is 0.303. The number of anilines is 1. The Morgan fingerprint density at radius 2 is 2.17 bits per heavy atom. The molecule has 0 amide bonds. The average Bonchev–Trinajstić information content (AvgIpc) is 2.97. The van der Waals surface area contributed by atoms with Gasteiger partial charge in [-0.25, -0.2) is 0 Å². The van der Waals surface area contributed by atoms with Crippen LogP contribution in [0.2, 0.25) is 0 Å². The first kappa shape index (κ1) is 11.3. The number of fused-ring (bicyclic) bond motifs is 1. The predicted octanol–water partition coefficient (Wildman–Crippen LogP) is 4.11. The van der Waals surface area contributed by atoms with Crippen molar-refractivity contribution in [1.82, 2.24) is 10.2 Å². The van der Waals surface area contributed by atoms with Gasteiger partial charge in [-0.15, -0.1) is 11.3 Å². The lowest BCUT2D eigenvalue weighted by molar-refractivity contribution is 0.909. The van der Waals surface area contributed by atoms with Gasteiger partial charge in [-0.05, 0) is 32.0 Å². The van der Waals surface area contributed by atoms with Gasteiger partial charge in [0, 0.05) is 15.1 Å². The van der Waals surface area contributed by atoms with Crippen molar-refractivity contribution in [2.24, 2.45) is 0 Å². The standard InChI is InChI=1S/C14H15N3S/c1-9-6-7-13(18-9)10(2)16-12-5-3-4-11-8-15-17-14(11)12/h3-8,10,16H,1-2H3,(H,15,17). The Morgan fingerprint density at radius 3 is 2.94 bits per heavy atom. The van der Waals surface area contributed by atoms with Crippen molar-refractivity contribution in [2.45, 2.75) is 19.9 Å². The molecule has 1 atom stereocenters. The van der Waals surface area contributed by atoms with Crippen LogP contribution in [0.1, 0.15) is 22.7 Å². The summed E-state index contributed by atoms with van der Waals surface area (Å²) in [5, 5.41) is 11.8. The van der Waals surface area contributed by atoms with E-state index < -0.39 is 0 Å². The molecule has 2 N–H and O–H groups in total. The van der Waals surface area contributed by atoms with E-state index in [2.05, 4.69) is 53.6 Å². The molecular weight excluding hydrogens is 242 g/mol. The maximum Gasteiger partial charge on any atom is 0.0881 e. The highest BCUT2D eigenvalue weighted by atomic mass is 32.1. The lowest BCUT2D eigenvalue weighted by atomic mass is 10.2. The Bertz CT molecular complexity index is 668. The third kappa shape index (κ3) is 1.99. The molecule has 0 bridgehead atoms. The first-order valence-electron chi connectivity index (χ1n) is 5.99. The quantitative estimate of drug-likeness (QED) is 0.741.